The SMILES string of the molecule is ClC(Cl)(Cl)C1=N[C@@H](c2ccccc2)[C@@H](CI)O1. The molecule has 1 aromatic carbocycles. The zero-order chi connectivity index (χ0) is 12.5. The van der Waals surface area contributed by atoms with Gasteiger partial charge in [-0.2, -0.15) is 0 Å². The van der Waals surface area contributed by atoms with Gasteiger partial charge in [-0.05, 0) is 5.56 Å². The van der Waals surface area contributed by atoms with Gasteiger partial charge in [0.25, 0.3) is 3.79 Å². The molecule has 1 aliphatic rings. The Morgan fingerprint density at radius 1 is 1.24 bits per heavy atom. The average Bonchev–Trinajstić information content (AvgIpc) is 2.73. The molecule has 0 radical (unpaired) electrons. The van der Waals surface area contributed by atoms with Crippen molar-refractivity contribution < 1.29 is 4.74 Å². The Morgan fingerprint density at radius 2 is 1.88 bits per heavy atom. The first kappa shape index (κ1) is 13.7. The lowest BCUT2D eigenvalue weighted by Crippen LogP contribution is -2.24. The van der Waals surface area contributed by atoms with Crippen LogP contribution >= 0.6 is 57.4 Å². The molecular weight excluding hydrogens is 395 g/mol. The van der Waals surface area contributed by atoms with E-state index in [1.54, 1.807) is 0 Å². The van der Waals surface area contributed by atoms with Gasteiger partial charge < -0.3 is 4.74 Å². The summed E-state index contributed by atoms with van der Waals surface area (Å²) in [5, 5.41) is 0. The summed E-state index contributed by atoms with van der Waals surface area (Å²) < 4.78 is 4.78. The van der Waals surface area contributed by atoms with Crippen LogP contribution in [0.5, 0.6) is 0 Å². The monoisotopic (exact) mass is 403 g/mol. The van der Waals surface area contributed by atoms with Gasteiger partial charge in [-0.15, -0.1) is 0 Å². The molecule has 1 heterocycles. The summed E-state index contributed by atoms with van der Waals surface area (Å²) in [6.45, 7) is 0. The summed E-state index contributed by atoms with van der Waals surface area (Å²) in [5.41, 5.74) is 1.07. The Morgan fingerprint density at radius 3 is 2.41 bits per heavy atom. The number of rotatable bonds is 2. The summed E-state index contributed by atoms with van der Waals surface area (Å²) in [6, 6.07) is 9.78. The maximum absolute atomic E-state index is 5.79. The van der Waals surface area contributed by atoms with Crippen molar-refractivity contribution in [2.75, 3.05) is 4.43 Å². The zero-order valence-electron chi connectivity index (χ0n) is 8.62. The van der Waals surface area contributed by atoms with Crippen LogP contribution in [0.3, 0.4) is 0 Å². The highest BCUT2D eigenvalue weighted by molar-refractivity contribution is 14.1. The van der Waals surface area contributed by atoms with Crippen molar-refractivity contribution in [1.82, 2.24) is 0 Å². The van der Waals surface area contributed by atoms with Gasteiger partial charge in [0, 0.05) is 4.43 Å². The second-order valence-electron chi connectivity index (χ2n) is 3.60. The molecule has 2 nitrogen and oxygen atoms in total. The van der Waals surface area contributed by atoms with E-state index in [0.29, 0.717) is 0 Å². The first-order valence-electron chi connectivity index (χ1n) is 4.95. The number of halogens is 4. The van der Waals surface area contributed by atoms with Crippen molar-refractivity contribution in [1.29, 1.82) is 0 Å². The molecule has 0 N–H and O–H groups in total. The highest BCUT2D eigenvalue weighted by atomic mass is 127. The van der Waals surface area contributed by atoms with E-state index in [-0.39, 0.29) is 18.0 Å². The maximum atomic E-state index is 5.79. The minimum atomic E-state index is -1.59. The Bertz CT molecular complexity index is 418. The minimum absolute atomic E-state index is 0.0800. The molecule has 2 rings (SSSR count). The summed E-state index contributed by atoms with van der Waals surface area (Å²) in [4.78, 5) is 4.38. The molecule has 17 heavy (non-hydrogen) atoms. The van der Waals surface area contributed by atoms with E-state index < -0.39 is 3.79 Å². The zero-order valence-corrected chi connectivity index (χ0v) is 13.0. The van der Waals surface area contributed by atoms with Gasteiger partial charge >= 0.3 is 0 Å². The lowest BCUT2D eigenvalue weighted by atomic mass is 10.0. The van der Waals surface area contributed by atoms with Crippen LogP contribution in [0.1, 0.15) is 11.6 Å². The van der Waals surface area contributed by atoms with E-state index in [9.17, 15) is 0 Å². The fourth-order valence-corrected chi connectivity index (χ4v) is 2.58. The third-order valence-corrected chi connectivity index (χ3v) is 3.76. The molecule has 0 aromatic heterocycles. The first-order valence-corrected chi connectivity index (χ1v) is 7.61. The smallest absolute Gasteiger partial charge is 0.266 e. The molecule has 1 aromatic rings. The standard InChI is InChI=1S/C11H9Cl3INO/c12-11(13,14)10-16-9(8(6-15)17-10)7-4-2-1-3-5-7/h1-5,8-9H,6H2/t8-,9+/m1/s1. The van der Waals surface area contributed by atoms with E-state index in [1.807, 2.05) is 30.3 Å². The number of ether oxygens (including phenoxy) is 1. The predicted octanol–water partition coefficient (Wildman–Crippen LogP) is 4.33. The largest absolute Gasteiger partial charge is 0.471 e. The molecule has 0 bridgehead atoms. The van der Waals surface area contributed by atoms with Crippen LogP contribution < -0.4 is 0 Å². The Balaban J connectivity index is 2.29. The molecule has 0 unspecified atom stereocenters. The van der Waals surface area contributed by atoms with Crippen LogP contribution in [-0.2, 0) is 4.74 Å². The van der Waals surface area contributed by atoms with Crippen LogP contribution in [0.25, 0.3) is 0 Å². The number of nitrogens with zero attached hydrogens (tertiary/aromatic N) is 1. The van der Waals surface area contributed by atoms with Crippen LogP contribution in [0.4, 0.5) is 0 Å². The number of aliphatic imine (C=N–C) groups is 1. The first-order chi connectivity index (χ1) is 8.02. The minimum Gasteiger partial charge on any atom is -0.471 e. The normalized spacial score (nSPS) is 24.4. The van der Waals surface area contributed by atoms with Gasteiger partial charge in [0.15, 0.2) is 0 Å². The Kier molecular flexibility index (Phi) is 4.45. The van der Waals surface area contributed by atoms with E-state index in [4.69, 9.17) is 39.5 Å². The second-order valence-corrected chi connectivity index (χ2v) is 6.76. The highest BCUT2D eigenvalue weighted by Gasteiger charge is 2.40. The van der Waals surface area contributed by atoms with Gasteiger partial charge in [0.2, 0.25) is 5.90 Å². The molecule has 0 saturated heterocycles. The number of alkyl halides is 4. The lowest BCUT2D eigenvalue weighted by Gasteiger charge is -2.16. The third kappa shape index (κ3) is 3.19. The van der Waals surface area contributed by atoms with Crippen LogP contribution in [0.2, 0.25) is 0 Å². The number of hydrogen-bond donors (Lipinski definition) is 0. The van der Waals surface area contributed by atoms with Crippen molar-refractivity contribution in [3.63, 3.8) is 0 Å². The predicted molar refractivity (Wildman–Crippen MR) is 80.7 cm³/mol. The molecule has 0 aliphatic carbocycles. The third-order valence-electron chi connectivity index (χ3n) is 2.41. The lowest BCUT2D eigenvalue weighted by molar-refractivity contribution is 0.218. The van der Waals surface area contributed by atoms with E-state index in [2.05, 4.69) is 27.6 Å². The molecule has 1 aliphatic heterocycles. The Hall–Kier alpha value is 0.290. The summed E-state index contributed by atoms with van der Waals surface area (Å²) in [6.07, 6.45) is -0.0800. The second kappa shape index (κ2) is 5.51. The van der Waals surface area contributed by atoms with Gasteiger partial charge in [-0.1, -0.05) is 87.7 Å². The molecule has 2 atom stereocenters. The fraction of sp³-hybridized carbons (Fsp3) is 0.364. The van der Waals surface area contributed by atoms with Crippen LogP contribution in [0.15, 0.2) is 35.3 Å². The van der Waals surface area contributed by atoms with Crippen molar-refractivity contribution in [2.45, 2.75) is 15.9 Å². The molecule has 6 heteroatoms. The average molecular weight is 404 g/mol. The summed E-state index contributed by atoms with van der Waals surface area (Å²) in [7, 11) is 0. The van der Waals surface area contributed by atoms with Gasteiger partial charge in [-0.3, -0.25) is 0 Å². The van der Waals surface area contributed by atoms with Gasteiger partial charge in [0.1, 0.15) is 12.1 Å². The number of benzene rings is 1. The van der Waals surface area contributed by atoms with E-state index in [1.165, 1.54) is 0 Å². The van der Waals surface area contributed by atoms with Crippen molar-refractivity contribution >= 4 is 63.3 Å². The fourth-order valence-electron chi connectivity index (χ4n) is 1.64. The van der Waals surface area contributed by atoms with Crippen molar-refractivity contribution in [3.05, 3.63) is 35.9 Å². The van der Waals surface area contributed by atoms with Crippen molar-refractivity contribution in [2.24, 2.45) is 4.99 Å². The van der Waals surface area contributed by atoms with E-state index >= 15 is 0 Å². The molecule has 0 amide bonds. The van der Waals surface area contributed by atoms with E-state index in [0.717, 1.165) is 9.99 Å². The molecular formula is C11H9Cl3INO. The van der Waals surface area contributed by atoms with Gasteiger partial charge in [-0.25, -0.2) is 4.99 Å². The van der Waals surface area contributed by atoms with Gasteiger partial charge in [0.05, 0.1) is 0 Å². The highest BCUT2D eigenvalue weighted by Crippen LogP contribution is 2.38. The van der Waals surface area contributed by atoms with Crippen LogP contribution in [-0.4, -0.2) is 20.2 Å². The molecule has 0 fully saturated rings. The van der Waals surface area contributed by atoms with Crippen molar-refractivity contribution in [3.8, 4) is 0 Å². The number of hydrogen-bond acceptors (Lipinski definition) is 2. The summed E-state index contributed by atoms with van der Waals surface area (Å²) in [5.74, 6) is 0.179. The maximum Gasteiger partial charge on any atom is 0.266 e. The summed E-state index contributed by atoms with van der Waals surface area (Å²) >= 11 is 19.6. The van der Waals surface area contributed by atoms with Crippen LogP contribution in [0, 0.1) is 0 Å². The Labute approximate surface area is 128 Å². The quantitative estimate of drug-likeness (QED) is 0.531. The molecule has 92 valence electrons. The molecule has 0 saturated carbocycles. The molecule has 0 spiro atoms. The topological polar surface area (TPSA) is 21.6 Å².